The maximum absolute atomic E-state index is 13.3. The molecule has 1 aliphatic rings. The predicted octanol–water partition coefficient (Wildman–Crippen LogP) is 5.06. The Kier molecular flexibility index (Phi) is 5.90. The van der Waals surface area contributed by atoms with Crippen molar-refractivity contribution in [1.29, 1.82) is 0 Å². The van der Waals surface area contributed by atoms with Crippen LogP contribution in [0.4, 0.5) is 0 Å². The molecular weight excluding hydrogens is 448 g/mol. The first kappa shape index (κ1) is 21.9. The van der Waals surface area contributed by atoms with E-state index in [9.17, 15) is 9.59 Å². The Hall–Kier alpha value is -3.90. The van der Waals surface area contributed by atoms with E-state index in [4.69, 9.17) is 16.6 Å². The van der Waals surface area contributed by atoms with Crippen molar-refractivity contribution in [3.05, 3.63) is 112 Å². The molecule has 0 fully saturated rings. The van der Waals surface area contributed by atoms with Gasteiger partial charge in [0.1, 0.15) is 11.9 Å². The summed E-state index contributed by atoms with van der Waals surface area (Å²) < 4.78 is 0. The molecule has 4 aromatic rings. The van der Waals surface area contributed by atoms with Crippen LogP contribution < -0.4 is 5.32 Å². The number of H-pyrrole nitrogens is 1. The highest BCUT2D eigenvalue weighted by molar-refractivity contribution is 6.31. The summed E-state index contributed by atoms with van der Waals surface area (Å²) in [7, 11) is 0. The number of aromatic nitrogens is 2. The van der Waals surface area contributed by atoms with Gasteiger partial charge in [-0.1, -0.05) is 54.1 Å². The average Bonchev–Trinajstić information content (AvgIpc) is 3.52. The van der Waals surface area contributed by atoms with Crippen molar-refractivity contribution in [1.82, 2.24) is 20.2 Å². The maximum Gasteiger partial charge on any atom is 0.254 e. The lowest BCUT2D eigenvalue weighted by Crippen LogP contribution is -2.31. The van der Waals surface area contributed by atoms with Gasteiger partial charge in [0.2, 0.25) is 0 Å². The van der Waals surface area contributed by atoms with Crippen LogP contribution in [0.3, 0.4) is 0 Å². The third-order valence-electron chi connectivity index (χ3n) is 5.97. The fraction of sp³-hybridized carbons (Fsp3) is 0.148. The molecule has 0 spiro atoms. The molecule has 7 heteroatoms. The molecule has 0 radical (unpaired) electrons. The van der Waals surface area contributed by atoms with E-state index in [1.807, 2.05) is 61.5 Å². The first-order valence-corrected chi connectivity index (χ1v) is 11.4. The summed E-state index contributed by atoms with van der Waals surface area (Å²) in [4.78, 5) is 35.8. The summed E-state index contributed by atoms with van der Waals surface area (Å²) in [5, 5.41) is 3.71. The number of hydrogen-bond acceptors (Lipinski definition) is 3. The largest absolute Gasteiger partial charge is 0.340 e. The van der Waals surface area contributed by atoms with Gasteiger partial charge in [-0.2, -0.15) is 0 Å². The van der Waals surface area contributed by atoms with Gasteiger partial charge in [-0.25, -0.2) is 4.98 Å². The number of aromatic amines is 1. The average molecular weight is 471 g/mol. The monoisotopic (exact) mass is 470 g/mol. The Labute approximate surface area is 202 Å². The second-order valence-corrected chi connectivity index (χ2v) is 8.75. The SMILES string of the molecule is Cc1cc(C(=O)NC(c2ccccc2)c2nc3ccc(Cl)cc3[nH]2)ccc1C(=O)N1CC=CC1. The van der Waals surface area contributed by atoms with Crippen LogP contribution in [0.1, 0.15) is 43.7 Å². The van der Waals surface area contributed by atoms with Crippen LogP contribution in [-0.2, 0) is 0 Å². The first-order valence-electron chi connectivity index (χ1n) is 11.1. The number of aryl methyl sites for hydroxylation is 1. The third-order valence-corrected chi connectivity index (χ3v) is 6.20. The van der Waals surface area contributed by atoms with Gasteiger partial charge in [-0.05, 0) is 54.4 Å². The van der Waals surface area contributed by atoms with Crippen molar-refractivity contribution in [3.8, 4) is 0 Å². The molecule has 2 heterocycles. The van der Waals surface area contributed by atoms with Crippen LogP contribution in [0.25, 0.3) is 11.0 Å². The van der Waals surface area contributed by atoms with Crippen molar-refractivity contribution in [2.24, 2.45) is 0 Å². The minimum absolute atomic E-state index is 0.0300. The zero-order valence-corrected chi connectivity index (χ0v) is 19.3. The normalized spacial score (nSPS) is 13.9. The van der Waals surface area contributed by atoms with Crippen LogP contribution in [0.15, 0.2) is 78.9 Å². The van der Waals surface area contributed by atoms with Crippen molar-refractivity contribution >= 4 is 34.4 Å². The molecule has 2 N–H and O–H groups in total. The van der Waals surface area contributed by atoms with Crippen molar-refractivity contribution < 1.29 is 9.59 Å². The topological polar surface area (TPSA) is 78.1 Å². The summed E-state index contributed by atoms with van der Waals surface area (Å²) in [5.74, 6) is 0.330. The quantitative estimate of drug-likeness (QED) is 0.400. The molecule has 3 aromatic carbocycles. The van der Waals surface area contributed by atoms with Crippen molar-refractivity contribution in [3.63, 3.8) is 0 Å². The Morgan fingerprint density at radius 2 is 1.79 bits per heavy atom. The molecule has 5 rings (SSSR count). The van der Waals surface area contributed by atoms with Gasteiger partial charge in [-0.3, -0.25) is 9.59 Å². The van der Waals surface area contributed by atoms with Crippen LogP contribution in [0.2, 0.25) is 5.02 Å². The zero-order valence-electron chi connectivity index (χ0n) is 18.6. The molecule has 1 unspecified atom stereocenters. The molecule has 0 aliphatic carbocycles. The fourth-order valence-electron chi connectivity index (χ4n) is 4.17. The second kappa shape index (κ2) is 9.15. The minimum atomic E-state index is -0.489. The summed E-state index contributed by atoms with van der Waals surface area (Å²) >= 11 is 6.13. The summed E-state index contributed by atoms with van der Waals surface area (Å²) in [6, 6.07) is 19.8. The Bertz CT molecular complexity index is 1400. The Balaban J connectivity index is 1.43. The van der Waals surface area contributed by atoms with E-state index in [1.165, 1.54) is 0 Å². The fourth-order valence-corrected chi connectivity index (χ4v) is 4.34. The zero-order chi connectivity index (χ0) is 23.7. The number of carbonyl (C=O) groups excluding carboxylic acids is 2. The van der Waals surface area contributed by atoms with Gasteiger partial charge in [0.15, 0.2) is 0 Å². The summed E-state index contributed by atoms with van der Waals surface area (Å²) in [5.41, 5.74) is 4.31. The number of rotatable bonds is 5. The van der Waals surface area contributed by atoms with Gasteiger partial charge < -0.3 is 15.2 Å². The Morgan fingerprint density at radius 1 is 1.03 bits per heavy atom. The number of halogens is 1. The van der Waals surface area contributed by atoms with Crippen LogP contribution in [0.5, 0.6) is 0 Å². The molecule has 2 amide bonds. The smallest absolute Gasteiger partial charge is 0.254 e. The highest BCUT2D eigenvalue weighted by atomic mass is 35.5. The first-order chi connectivity index (χ1) is 16.5. The number of nitrogens with one attached hydrogen (secondary N) is 2. The van der Waals surface area contributed by atoms with Gasteiger partial charge in [-0.15, -0.1) is 0 Å². The van der Waals surface area contributed by atoms with E-state index < -0.39 is 6.04 Å². The lowest BCUT2D eigenvalue weighted by atomic mass is 10.0. The number of carbonyl (C=O) groups is 2. The molecule has 34 heavy (non-hydrogen) atoms. The molecule has 1 atom stereocenters. The van der Waals surface area contributed by atoms with Crippen LogP contribution in [0, 0.1) is 6.92 Å². The third kappa shape index (κ3) is 4.32. The van der Waals surface area contributed by atoms with E-state index in [-0.39, 0.29) is 11.8 Å². The van der Waals surface area contributed by atoms with E-state index in [2.05, 4.69) is 10.3 Å². The molecule has 0 saturated heterocycles. The number of amides is 2. The lowest BCUT2D eigenvalue weighted by molar-refractivity contribution is 0.0798. The highest BCUT2D eigenvalue weighted by Gasteiger charge is 2.23. The molecule has 170 valence electrons. The van der Waals surface area contributed by atoms with Crippen molar-refractivity contribution in [2.75, 3.05) is 13.1 Å². The standard InChI is InChI=1S/C27H23ClN4O2/c1-17-15-19(9-11-21(17)27(34)32-13-5-6-14-32)26(33)31-24(18-7-3-2-4-8-18)25-29-22-12-10-20(28)16-23(22)30-25/h2-12,15-16,24H,13-14H2,1H3,(H,29,30)(H,31,33). The second-order valence-electron chi connectivity index (χ2n) is 8.31. The van der Waals surface area contributed by atoms with E-state index >= 15 is 0 Å². The number of nitrogens with zero attached hydrogens (tertiary/aromatic N) is 2. The van der Waals surface area contributed by atoms with Gasteiger partial charge >= 0.3 is 0 Å². The molecule has 1 aliphatic heterocycles. The van der Waals surface area contributed by atoms with Crippen LogP contribution in [-0.4, -0.2) is 39.8 Å². The maximum atomic E-state index is 13.3. The molecular formula is C27H23ClN4O2. The van der Waals surface area contributed by atoms with Crippen LogP contribution >= 0.6 is 11.6 Å². The van der Waals surface area contributed by atoms with E-state index in [0.717, 1.165) is 22.2 Å². The van der Waals surface area contributed by atoms with E-state index in [1.54, 1.807) is 29.2 Å². The summed E-state index contributed by atoms with van der Waals surface area (Å²) in [6.07, 6.45) is 3.95. The Morgan fingerprint density at radius 3 is 2.53 bits per heavy atom. The number of fused-ring (bicyclic) bond motifs is 1. The molecule has 0 saturated carbocycles. The highest BCUT2D eigenvalue weighted by Crippen LogP contribution is 2.25. The van der Waals surface area contributed by atoms with Crippen molar-refractivity contribution in [2.45, 2.75) is 13.0 Å². The number of imidazole rings is 1. The van der Waals surface area contributed by atoms with Gasteiger partial charge in [0.25, 0.3) is 11.8 Å². The minimum Gasteiger partial charge on any atom is -0.340 e. The number of hydrogen-bond donors (Lipinski definition) is 2. The number of benzene rings is 3. The lowest BCUT2D eigenvalue weighted by Gasteiger charge is -2.19. The molecule has 1 aromatic heterocycles. The summed E-state index contributed by atoms with van der Waals surface area (Å²) in [6.45, 7) is 3.08. The molecule has 6 nitrogen and oxygen atoms in total. The van der Waals surface area contributed by atoms with Gasteiger partial charge in [0.05, 0.1) is 11.0 Å². The van der Waals surface area contributed by atoms with Gasteiger partial charge in [0, 0.05) is 29.2 Å². The molecule has 0 bridgehead atoms. The van der Waals surface area contributed by atoms with E-state index in [0.29, 0.717) is 35.1 Å². The predicted molar refractivity (Wildman–Crippen MR) is 133 cm³/mol.